The lowest BCUT2D eigenvalue weighted by Crippen LogP contribution is -2.36. The first-order valence-corrected chi connectivity index (χ1v) is 4.66. The average Bonchev–Trinajstić information content (AvgIpc) is 1.93. The highest BCUT2D eigenvalue weighted by molar-refractivity contribution is 5.69. The van der Waals surface area contributed by atoms with Crippen LogP contribution in [0.25, 0.3) is 0 Å². The number of aliphatic carboxylic acids is 1. The van der Waals surface area contributed by atoms with Crippen molar-refractivity contribution in [2.24, 2.45) is 5.92 Å². The Hall–Kier alpha value is -0.570. The number of carboxylic acids is 1. The summed E-state index contributed by atoms with van der Waals surface area (Å²) in [5.41, 5.74) is 0. The van der Waals surface area contributed by atoms with Crippen LogP contribution in [-0.4, -0.2) is 23.7 Å². The molecule has 2 N–H and O–H groups in total. The Labute approximate surface area is 73.2 Å². The molecule has 1 aliphatic rings. The number of carboxylic acid groups (broad SMARTS) is 1. The zero-order valence-electron chi connectivity index (χ0n) is 7.55. The molecule has 3 nitrogen and oxygen atoms in total. The van der Waals surface area contributed by atoms with E-state index in [0.29, 0.717) is 6.04 Å². The lowest BCUT2D eigenvalue weighted by molar-refractivity contribution is -0.141. The van der Waals surface area contributed by atoms with E-state index in [1.807, 2.05) is 0 Å². The van der Waals surface area contributed by atoms with Gasteiger partial charge in [-0.1, -0.05) is 13.3 Å². The average molecular weight is 171 g/mol. The number of hydrogen-bond donors (Lipinski definition) is 2. The molecule has 0 spiro atoms. The fourth-order valence-electron chi connectivity index (χ4n) is 1.24. The highest BCUT2D eigenvalue weighted by atomic mass is 16.4. The van der Waals surface area contributed by atoms with Gasteiger partial charge in [0.15, 0.2) is 0 Å². The Kier molecular flexibility index (Phi) is 3.53. The SMILES string of the molecule is CC(CCNC1CCC1)C(=O)O. The molecule has 1 fully saturated rings. The monoisotopic (exact) mass is 171 g/mol. The van der Waals surface area contributed by atoms with Gasteiger partial charge < -0.3 is 10.4 Å². The Morgan fingerprint density at radius 1 is 1.67 bits per heavy atom. The molecule has 0 heterocycles. The summed E-state index contributed by atoms with van der Waals surface area (Å²) in [6.07, 6.45) is 4.60. The summed E-state index contributed by atoms with van der Waals surface area (Å²) in [6, 6.07) is 0.672. The lowest BCUT2D eigenvalue weighted by Gasteiger charge is -2.26. The van der Waals surface area contributed by atoms with Crippen LogP contribution in [0.1, 0.15) is 32.6 Å². The van der Waals surface area contributed by atoms with Crippen molar-refractivity contribution in [3.8, 4) is 0 Å². The molecule has 12 heavy (non-hydrogen) atoms. The van der Waals surface area contributed by atoms with Gasteiger partial charge in [0.2, 0.25) is 0 Å². The van der Waals surface area contributed by atoms with Crippen LogP contribution in [0, 0.1) is 5.92 Å². The molecule has 0 saturated heterocycles. The van der Waals surface area contributed by atoms with Crippen LogP contribution >= 0.6 is 0 Å². The summed E-state index contributed by atoms with van der Waals surface area (Å²) in [5.74, 6) is -0.900. The van der Waals surface area contributed by atoms with E-state index < -0.39 is 5.97 Å². The number of carbonyl (C=O) groups is 1. The largest absolute Gasteiger partial charge is 0.481 e. The van der Waals surface area contributed by atoms with Crippen LogP contribution in [-0.2, 0) is 4.79 Å². The summed E-state index contributed by atoms with van der Waals surface area (Å²) >= 11 is 0. The van der Waals surface area contributed by atoms with Crippen LogP contribution in [0.3, 0.4) is 0 Å². The molecule has 0 aromatic rings. The molecule has 0 aromatic carbocycles. The molecule has 3 heteroatoms. The highest BCUT2D eigenvalue weighted by Gasteiger charge is 2.17. The maximum atomic E-state index is 10.4. The minimum Gasteiger partial charge on any atom is -0.481 e. The summed E-state index contributed by atoms with van der Waals surface area (Å²) in [5, 5.41) is 11.9. The smallest absolute Gasteiger partial charge is 0.306 e. The normalized spacial score (nSPS) is 20.1. The molecule has 0 aliphatic heterocycles. The summed E-state index contributed by atoms with van der Waals surface area (Å²) in [7, 11) is 0. The molecule has 1 saturated carbocycles. The van der Waals surface area contributed by atoms with Gasteiger partial charge in [0, 0.05) is 6.04 Å². The molecular weight excluding hydrogens is 154 g/mol. The molecule has 1 atom stereocenters. The quantitative estimate of drug-likeness (QED) is 0.654. The second-order valence-corrected chi connectivity index (χ2v) is 3.61. The van der Waals surface area contributed by atoms with Crippen molar-refractivity contribution in [3.63, 3.8) is 0 Å². The van der Waals surface area contributed by atoms with Crippen molar-refractivity contribution in [2.75, 3.05) is 6.54 Å². The van der Waals surface area contributed by atoms with Crippen molar-refractivity contribution >= 4 is 5.97 Å². The third-order valence-corrected chi connectivity index (χ3v) is 2.54. The molecule has 0 bridgehead atoms. The van der Waals surface area contributed by atoms with Crippen LogP contribution in [0.2, 0.25) is 0 Å². The van der Waals surface area contributed by atoms with Crippen LogP contribution < -0.4 is 5.32 Å². The Balaban J connectivity index is 1.97. The molecule has 1 rings (SSSR count). The van der Waals surface area contributed by atoms with Crippen molar-refractivity contribution in [1.29, 1.82) is 0 Å². The van der Waals surface area contributed by atoms with Gasteiger partial charge in [-0.2, -0.15) is 0 Å². The molecule has 70 valence electrons. The maximum Gasteiger partial charge on any atom is 0.306 e. The predicted molar refractivity (Wildman–Crippen MR) is 47.1 cm³/mol. The van der Waals surface area contributed by atoms with Gasteiger partial charge in [0.05, 0.1) is 5.92 Å². The van der Waals surface area contributed by atoms with Gasteiger partial charge >= 0.3 is 5.97 Å². The molecule has 0 amide bonds. The molecule has 1 aliphatic carbocycles. The Morgan fingerprint density at radius 3 is 2.75 bits per heavy atom. The minimum atomic E-state index is -0.689. The van der Waals surface area contributed by atoms with Crippen molar-refractivity contribution in [3.05, 3.63) is 0 Å². The third kappa shape index (κ3) is 2.81. The molecular formula is C9H17NO2. The first kappa shape index (κ1) is 9.52. The second kappa shape index (κ2) is 4.45. The molecule has 0 radical (unpaired) electrons. The lowest BCUT2D eigenvalue weighted by atomic mass is 9.93. The van der Waals surface area contributed by atoms with Crippen molar-refractivity contribution in [1.82, 2.24) is 5.32 Å². The summed E-state index contributed by atoms with van der Waals surface area (Å²) < 4.78 is 0. The number of hydrogen-bond acceptors (Lipinski definition) is 2. The summed E-state index contributed by atoms with van der Waals surface area (Å²) in [4.78, 5) is 10.4. The fourth-order valence-corrected chi connectivity index (χ4v) is 1.24. The third-order valence-electron chi connectivity index (χ3n) is 2.54. The fraction of sp³-hybridized carbons (Fsp3) is 0.889. The minimum absolute atomic E-state index is 0.211. The van der Waals surface area contributed by atoms with Gasteiger partial charge in [-0.15, -0.1) is 0 Å². The van der Waals surface area contributed by atoms with Crippen LogP contribution in [0.5, 0.6) is 0 Å². The Morgan fingerprint density at radius 2 is 2.33 bits per heavy atom. The van der Waals surface area contributed by atoms with E-state index >= 15 is 0 Å². The molecule has 1 unspecified atom stereocenters. The van der Waals surface area contributed by atoms with Gasteiger partial charge in [-0.05, 0) is 25.8 Å². The van der Waals surface area contributed by atoms with E-state index in [1.54, 1.807) is 6.92 Å². The van der Waals surface area contributed by atoms with Gasteiger partial charge in [0.25, 0.3) is 0 Å². The maximum absolute atomic E-state index is 10.4. The van der Waals surface area contributed by atoms with E-state index in [0.717, 1.165) is 13.0 Å². The Bertz CT molecular complexity index is 155. The van der Waals surface area contributed by atoms with E-state index in [4.69, 9.17) is 5.11 Å². The van der Waals surface area contributed by atoms with Gasteiger partial charge in [0.1, 0.15) is 0 Å². The topological polar surface area (TPSA) is 49.3 Å². The van der Waals surface area contributed by atoms with E-state index in [9.17, 15) is 4.79 Å². The number of nitrogens with one attached hydrogen (secondary N) is 1. The van der Waals surface area contributed by atoms with Crippen molar-refractivity contribution in [2.45, 2.75) is 38.6 Å². The highest BCUT2D eigenvalue weighted by Crippen LogP contribution is 2.17. The number of rotatable bonds is 5. The first-order valence-electron chi connectivity index (χ1n) is 4.66. The van der Waals surface area contributed by atoms with Crippen LogP contribution in [0.4, 0.5) is 0 Å². The van der Waals surface area contributed by atoms with E-state index in [2.05, 4.69) is 5.32 Å². The van der Waals surface area contributed by atoms with E-state index in [-0.39, 0.29) is 5.92 Å². The van der Waals surface area contributed by atoms with Gasteiger partial charge in [-0.25, -0.2) is 0 Å². The summed E-state index contributed by atoms with van der Waals surface area (Å²) in [6.45, 7) is 2.60. The second-order valence-electron chi connectivity index (χ2n) is 3.61. The zero-order chi connectivity index (χ0) is 8.97. The van der Waals surface area contributed by atoms with Crippen LogP contribution in [0.15, 0.2) is 0 Å². The molecule has 0 aromatic heterocycles. The predicted octanol–water partition coefficient (Wildman–Crippen LogP) is 1.24. The first-order chi connectivity index (χ1) is 5.70. The van der Waals surface area contributed by atoms with Crippen molar-refractivity contribution < 1.29 is 9.90 Å². The van der Waals surface area contributed by atoms with E-state index in [1.165, 1.54) is 19.3 Å². The zero-order valence-corrected chi connectivity index (χ0v) is 7.55. The standard InChI is InChI=1S/C9H17NO2/c1-7(9(11)12)5-6-10-8-3-2-4-8/h7-8,10H,2-6H2,1H3,(H,11,12). The van der Waals surface area contributed by atoms with Gasteiger partial charge in [-0.3, -0.25) is 4.79 Å².